The first kappa shape index (κ1) is 32.8. The van der Waals surface area contributed by atoms with Crippen molar-refractivity contribution in [2.75, 3.05) is 27.4 Å². The maximum atomic E-state index is 13.3. The van der Waals surface area contributed by atoms with Gasteiger partial charge in [0.1, 0.15) is 30.5 Å². The van der Waals surface area contributed by atoms with Crippen LogP contribution in [0.3, 0.4) is 0 Å². The van der Waals surface area contributed by atoms with Gasteiger partial charge in [-0.05, 0) is 18.3 Å². The van der Waals surface area contributed by atoms with Gasteiger partial charge in [0.2, 0.25) is 6.29 Å². The Kier molecular flexibility index (Phi) is 10.5. The highest BCUT2D eigenvalue weighted by Gasteiger charge is 2.55. The number of fused-ring (bicyclic) bond motifs is 1. The lowest BCUT2D eigenvalue weighted by molar-refractivity contribution is -0.339. The topological polar surface area (TPSA) is 214 Å². The first-order valence-corrected chi connectivity index (χ1v) is 13.9. The molecule has 0 aromatic heterocycles. The van der Waals surface area contributed by atoms with Crippen LogP contribution in [0.5, 0.6) is 0 Å². The van der Waals surface area contributed by atoms with E-state index in [9.17, 15) is 39.6 Å². The summed E-state index contributed by atoms with van der Waals surface area (Å²) >= 11 is 0. The molecule has 15 nitrogen and oxygen atoms in total. The number of esters is 4. The first-order valence-electron chi connectivity index (χ1n) is 13.9. The molecule has 43 heavy (non-hydrogen) atoms. The number of hydrogen-bond donors (Lipinski definition) is 4. The predicted octanol–water partition coefficient (Wildman–Crippen LogP) is -1.45. The predicted molar refractivity (Wildman–Crippen MR) is 139 cm³/mol. The summed E-state index contributed by atoms with van der Waals surface area (Å²) in [6.07, 6.45) is -7.48. The van der Waals surface area contributed by atoms with Crippen LogP contribution in [0.15, 0.2) is 24.5 Å². The van der Waals surface area contributed by atoms with E-state index in [0.29, 0.717) is 0 Å². The lowest BCUT2D eigenvalue weighted by Gasteiger charge is -2.43. The molecule has 2 saturated heterocycles. The molecule has 4 N–H and O–H groups in total. The number of aliphatic hydroxyl groups is 4. The van der Waals surface area contributed by atoms with Gasteiger partial charge in [0, 0.05) is 17.8 Å². The number of rotatable bonds is 9. The van der Waals surface area contributed by atoms with Crippen molar-refractivity contribution in [1.82, 2.24) is 0 Å². The van der Waals surface area contributed by atoms with Gasteiger partial charge in [0.15, 0.2) is 12.2 Å². The fourth-order valence-corrected chi connectivity index (χ4v) is 6.36. The number of hydrogen-bond acceptors (Lipinski definition) is 15. The fraction of sp³-hybridized carbons (Fsp3) is 0.714. The zero-order chi connectivity index (χ0) is 31.6. The quantitative estimate of drug-likeness (QED) is 0.101. The van der Waals surface area contributed by atoms with Gasteiger partial charge in [-0.3, -0.25) is 14.4 Å². The largest absolute Gasteiger partial charge is 0.471 e. The summed E-state index contributed by atoms with van der Waals surface area (Å²) in [6, 6.07) is 0. The molecule has 0 radical (unpaired) electrons. The van der Waals surface area contributed by atoms with Gasteiger partial charge >= 0.3 is 23.9 Å². The Morgan fingerprint density at radius 3 is 2.42 bits per heavy atom. The second-order valence-electron chi connectivity index (χ2n) is 11.1. The summed E-state index contributed by atoms with van der Waals surface area (Å²) in [5.41, 5.74) is -0.0177. The normalized spacial score (nSPS) is 40.7. The molecule has 1 saturated carbocycles. The lowest BCUT2D eigenvalue weighted by Crippen LogP contribution is -2.60. The Morgan fingerprint density at radius 1 is 1.07 bits per heavy atom. The Hall–Kier alpha value is -3.08. The molecular weight excluding hydrogens is 576 g/mol. The zero-order valence-electron chi connectivity index (χ0n) is 24.0. The van der Waals surface area contributed by atoms with E-state index in [-0.39, 0.29) is 36.9 Å². The molecule has 1 aliphatic carbocycles. The number of cyclic esters (lactones) is 1. The monoisotopic (exact) mass is 614 g/mol. The standard InChI is InChI=1S/C28H38O15/c1-5-12-13(7-19(30)41-17-6-14-15(11(17)2)9-39-26(36)20(14)25(35)38-4)16(24(34)37-3)10-40-27(12)43-28-23(33)22(32)21(31)18(8-29)42-28/h5,10-15,17-18,20-23,27-29,31-33H,1,6-9H2,2-4H3/t11-,12?,13?,14+,15-,17+,18-,20+,21-,22+,23-,27+,28+/m1/s1. The van der Waals surface area contributed by atoms with E-state index < -0.39 is 97.3 Å². The van der Waals surface area contributed by atoms with Gasteiger partial charge in [-0.1, -0.05) is 13.0 Å². The summed E-state index contributed by atoms with van der Waals surface area (Å²) in [5.74, 6) is -6.76. The second kappa shape index (κ2) is 13.7. The molecule has 13 atom stereocenters. The molecule has 0 aromatic rings. The van der Waals surface area contributed by atoms with Crippen molar-refractivity contribution in [1.29, 1.82) is 0 Å². The molecule has 0 amide bonds. The molecule has 240 valence electrons. The number of methoxy groups -OCH3 is 2. The highest BCUT2D eigenvalue weighted by atomic mass is 16.8. The van der Waals surface area contributed by atoms with Crippen molar-refractivity contribution in [3.05, 3.63) is 24.5 Å². The summed E-state index contributed by atoms with van der Waals surface area (Å²) in [5, 5.41) is 40.1. The SMILES string of the molecule is C=CC1C(CC(=O)O[C@H]2C[C@@H]3[C@@H](C(=O)OC)C(=O)OC[C@@H]3[C@H]2C)C(C(=O)OC)=CO[C@H]1O[C@@H]1O[C@H](CO)[C@@H](O)[C@H](O)[C@H]1O. The summed E-state index contributed by atoms with van der Waals surface area (Å²) in [6.45, 7) is 5.01. The van der Waals surface area contributed by atoms with Crippen molar-refractivity contribution in [2.24, 2.45) is 35.5 Å². The molecule has 0 bridgehead atoms. The average Bonchev–Trinajstić information content (AvgIpc) is 3.30. The molecule has 3 fully saturated rings. The van der Waals surface area contributed by atoms with Gasteiger partial charge < -0.3 is 53.6 Å². The van der Waals surface area contributed by atoms with E-state index in [4.69, 9.17) is 33.2 Å². The Balaban J connectivity index is 1.49. The molecule has 4 aliphatic rings. The minimum atomic E-state index is -1.72. The van der Waals surface area contributed by atoms with Crippen LogP contribution in [-0.2, 0) is 52.3 Å². The number of carbonyl (C=O) groups excluding carboxylic acids is 4. The van der Waals surface area contributed by atoms with Gasteiger partial charge in [-0.25, -0.2) is 4.79 Å². The van der Waals surface area contributed by atoms with Gasteiger partial charge in [0.05, 0.1) is 45.7 Å². The summed E-state index contributed by atoms with van der Waals surface area (Å²) in [4.78, 5) is 50.6. The number of aliphatic hydroxyl groups excluding tert-OH is 4. The minimum Gasteiger partial charge on any atom is -0.471 e. The van der Waals surface area contributed by atoms with E-state index in [1.54, 1.807) is 0 Å². The van der Waals surface area contributed by atoms with Crippen LogP contribution in [0, 0.1) is 35.5 Å². The van der Waals surface area contributed by atoms with Gasteiger partial charge in [-0.2, -0.15) is 0 Å². The average molecular weight is 615 g/mol. The first-order chi connectivity index (χ1) is 20.5. The maximum Gasteiger partial charge on any atom is 0.337 e. The molecule has 4 rings (SSSR count). The Morgan fingerprint density at radius 2 is 1.79 bits per heavy atom. The number of ether oxygens (including phenoxy) is 7. The van der Waals surface area contributed by atoms with Crippen molar-refractivity contribution in [3.63, 3.8) is 0 Å². The van der Waals surface area contributed by atoms with E-state index in [1.807, 2.05) is 6.92 Å². The van der Waals surface area contributed by atoms with Gasteiger partial charge in [-0.15, -0.1) is 6.58 Å². The van der Waals surface area contributed by atoms with Crippen molar-refractivity contribution < 1.29 is 72.8 Å². The van der Waals surface area contributed by atoms with Crippen LogP contribution < -0.4 is 0 Å². The van der Waals surface area contributed by atoms with Crippen molar-refractivity contribution in [3.8, 4) is 0 Å². The van der Waals surface area contributed by atoms with E-state index in [2.05, 4.69) is 6.58 Å². The third-order valence-corrected chi connectivity index (χ3v) is 8.86. The molecule has 3 aliphatic heterocycles. The second-order valence-corrected chi connectivity index (χ2v) is 11.1. The van der Waals surface area contributed by atoms with E-state index in [1.165, 1.54) is 13.2 Å². The highest BCUT2D eigenvalue weighted by Crippen LogP contribution is 2.46. The van der Waals surface area contributed by atoms with Gasteiger partial charge in [0.25, 0.3) is 0 Å². The minimum absolute atomic E-state index is 0.0177. The number of carbonyl (C=O) groups is 4. The summed E-state index contributed by atoms with van der Waals surface area (Å²) < 4.78 is 37.4. The van der Waals surface area contributed by atoms with Crippen molar-refractivity contribution in [2.45, 2.75) is 62.9 Å². The third kappa shape index (κ3) is 6.42. The Labute approximate surface area is 247 Å². The lowest BCUT2D eigenvalue weighted by atomic mass is 9.80. The van der Waals surface area contributed by atoms with E-state index >= 15 is 0 Å². The molecule has 0 aromatic carbocycles. The van der Waals surface area contributed by atoms with Crippen LogP contribution in [0.2, 0.25) is 0 Å². The zero-order valence-corrected chi connectivity index (χ0v) is 24.0. The van der Waals surface area contributed by atoms with Crippen LogP contribution in [0.4, 0.5) is 0 Å². The highest BCUT2D eigenvalue weighted by molar-refractivity contribution is 5.95. The molecular formula is C28H38O15. The fourth-order valence-electron chi connectivity index (χ4n) is 6.36. The van der Waals surface area contributed by atoms with Crippen LogP contribution in [0.1, 0.15) is 19.8 Å². The smallest absolute Gasteiger partial charge is 0.337 e. The maximum absolute atomic E-state index is 13.3. The molecule has 3 heterocycles. The molecule has 0 spiro atoms. The van der Waals surface area contributed by atoms with Crippen LogP contribution in [-0.4, -0.2) is 115 Å². The van der Waals surface area contributed by atoms with Crippen LogP contribution in [0.25, 0.3) is 0 Å². The molecule has 15 heteroatoms. The summed E-state index contributed by atoms with van der Waals surface area (Å²) in [7, 11) is 2.33. The third-order valence-electron chi connectivity index (χ3n) is 8.86. The Bertz CT molecular complexity index is 1100. The van der Waals surface area contributed by atoms with Crippen LogP contribution >= 0.6 is 0 Å². The van der Waals surface area contributed by atoms with E-state index in [0.717, 1.165) is 13.4 Å². The molecule has 2 unspecified atom stereocenters. The van der Waals surface area contributed by atoms with Crippen molar-refractivity contribution >= 4 is 23.9 Å².